The maximum atomic E-state index is 11.8. The first-order valence-electron chi connectivity index (χ1n) is 6.77. The summed E-state index contributed by atoms with van der Waals surface area (Å²) in [4.78, 5) is 22.8. The lowest BCUT2D eigenvalue weighted by Crippen LogP contribution is -2.43. The third kappa shape index (κ3) is 5.01. The predicted molar refractivity (Wildman–Crippen MR) is 79.1 cm³/mol. The number of hydrogen-bond donors (Lipinski definition) is 3. The van der Waals surface area contributed by atoms with E-state index < -0.39 is 5.91 Å². The van der Waals surface area contributed by atoms with E-state index in [1.807, 2.05) is 12.1 Å². The highest BCUT2D eigenvalue weighted by atomic mass is 16.2. The molecule has 0 radical (unpaired) electrons. The van der Waals surface area contributed by atoms with E-state index >= 15 is 0 Å². The number of nitrogens with two attached hydrogens (primary N) is 1. The fraction of sp³-hybridized carbons (Fsp3) is 0.467. The van der Waals surface area contributed by atoms with Crippen molar-refractivity contribution < 1.29 is 9.59 Å². The van der Waals surface area contributed by atoms with Gasteiger partial charge in [-0.05, 0) is 30.0 Å². The third-order valence-corrected chi connectivity index (χ3v) is 3.06. The molecule has 0 bridgehead atoms. The van der Waals surface area contributed by atoms with E-state index in [0.717, 1.165) is 12.0 Å². The Kier molecular flexibility index (Phi) is 6.18. The molecule has 5 nitrogen and oxygen atoms in total. The fourth-order valence-electron chi connectivity index (χ4n) is 1.96. The lowest BCUT2D eigenvalue weighted by Gasteiger charge is -2.19. The summed E-state index contributed by atoms with van der Waals surface area (Å²) in [6.07, 6.45) is 0.777. The van der Waals surface area contributed by atoms with E-state index in [1.165, 1.54) is 0 Å². The Morgan fingerprint density at radius 2 is 1.80 bits per heavy atom. The van der Waals surface area contributed by atoms with Crippen molar-refractivity contribution in [2.45, 2.75) is 32.9 Å². The molecule has 5 heteroatoms. The lowest BCUT2D eigenvalue weighted by molar-refractivity contribution is -0.123. The van der Waals surface area contributed by atoms with E-state index in [2.05, 4.69) is 24.5 Å². The van der Waals surface area contributed by atoms with Crippen molar-refractivity contribution in [2.24, 2.45) is 11.7 Å². The highest BCUT2D eigenvalue weighted by Gasteiger charge is 2.17. The van der Waals surface area contributed by atoms with Gasteiger partial charge in [0.05, 0.1) is 6.04 Å². The second kappa shape index (κ2) is 7.65. The molecule has 0 spiro atoms. The largest absolute Gasteiger partial charge is 0.366 e. The zero-order valence-corrected chi connectivity index (χ0v) is 12.3. The molecule has 0 saturated carbocycles. The monoisotopic (exact) mass is 277 g/mol. The van der Waals surface area contributed by atoms with Gasteiger partial charge in [-0.3, -0.25) is 9.59 Å². The molecule has 0 aliphatic carbocycles. The molecule has 2 amide bonds. The summed E-state index contributed by atoms with van der Waals surface area (Å²) < 4.78 is 0. The molecule has 110 valence electrons. The topological polar surface area (TPSA) is 84.2 Å². The molecular weight excluding hydrogens is 254 g/mol. The minimum absolute atomic E-state index is 0.00699. The Labute approximate surface area is 119 Å². The number of benzene rings is 1. The van der Waals surface area contributed by atoms with Crippen LogP contribution in [0.25, 0.3) is 0 Å². The number of carbonyl (C=O) groups is 2. The van der Waals surface area contributed by atoms with Crippen molar-refractivity contribution in [1.82, 2.24) is 10.6 Å². The molecule has 1 atom stereocenters. The number of primary amides is 1. The van der Waals surface area contributed by atoms with Crippen LogP contribution in [0.3, 0.4) is 0 Å². The summed E-state index contributed by atoms with van der Waals surface area (Å²) in [6, 6.07) is 6.84. The van der Waals surface area contributed by atoms with Gasteiger partial charge in [-0.25, -0.2) is 0 Å². The Morgan fingerprint density at radius 3 is 2.25 bits per heavy atom. The van der Waals surface area contributed by atoms with Crippen LogP contribution in [0, 0.1) is 5.92 Å². The first-order valence-corrected chi connectivity index (χ1v) is 6.77. The Balaban J connectivity index is 2.62. The minimum atomic E-state index is -0.437. The number of rotatable bonds is 7. The highest BCUT2D eigenvalue weighted by Crippen LogP contribution is 2.08. The molecule has 0 fully saturated rings. The van der Waals surface area contributed by atoms with Crippen molar-refractivity contribution in [1.29, 1.82) is 0 Å². The molecule has 1 aromatic rings. The van der Waals surface area contributed by atoms with Crippen LogP contribution in [0.5, 0.6) is 0 Å². The molecule has 1 rings (SSSR count). The van der Waals surface area contributed by atoms with Crippen LogP contribution in [0.1, 0.15) is 36.2 Å². The molecule has 0 heterocycles. The van der Waals surface area contributed by atoms with Gasteiger partial charge in [0, 0.05) is 19.2 Å². The smallest absolute Gasteiger partial charge is 0.248 e. The molecule has 0 aliphatic heterocycles. The SMILES string of the molecule is CNC(=O)C(CC(C)C)NCc1ccc(C(N)=O)cc1. The average molecular weight is 277 g/mol. The van der Waals surface area contributed by atoms with Gasteiger partial charge in [0.15, 0.2) is 0 Å². The van der Waals surface area contributed by atoms with Crippen molar-refractivity contribution in [2.75, 3.05) is 7.05 Å². The first-order chi connectivity index (χ1) is 9.43. The lowest BCUT2D eigenvalue weighted by atomic mass is 10.0. The van der Waals surface area contributed by atoms with Crippen molar-refractivity contribution >= 4 is 11.8 Å². The highest BCUT2D eigenvalue weighted by molar-refractivity contribution is 5.92. The van der Waals surface area contributed by atoms with Crippen LogP contribution >= 0.6 is 0 Å². The Hall–Kier alpha value is -1.88. The maximum absolute atomic E-state index is 11.8. The van der Waals surface area contributed by atoms with Gasteiger partial charge in [0.2, 0.25) is 11.8 Å². The third-order valence-electron chi connectivity index (χ3n) is 3.06. The van der Waals surface area contributed by atoms with Crippen LogP contribution in [0.4, 0.5) is 0 Å². The van der Waals surface area contributed by atoms with Gasteiger partial charge in [-0.1, -0.05) is 26.0 Å². The summed E-state index contributed by atoms with van der Waals surface area (Å²) in [6.45, 7) is 4.74. The molecular formula is C15H23N3O2. The quantitative estimate of drug-likeness (QED) is 0.696. The number of likely N-dealkylation sites (N-methyl/N-ethyl adjacent to an activating group) is 1. The number of hydrogen-bond acceptors (Lipinski definition) is 3. The maximum Gasteiger partial charge on any atom is 0.248 e. The van der Waals surface area contributed by atoms with Gasteiger partial charge in [-0.2, -0.15) is 0 Å². The molecule has 1 aromatic carbocycles. The van der Waals surface area contributed by atoms with Crippen molar-refractivity contribution in [3.05, 3.63) is 35.4 Å². The van der Waals surface area contributed by atoms with Gasteiger partial charge in [-0.15, -0.1) is 0 Å². The summed E-state index contributed by atoms with van der Waals surface area (Å²) >= 11 is 0. The molecule has 20 heavy (non-hydrogen) atoms. The summed E-state index contributed by atoms with van der Waals surface area (Å²) in [5.74, 6) is -0.0120. The van der Waals surface area contributed by atoms with Crippen LogP contribution < -0.4 is 16.4 Å². The first kappa shape index (κ1) is 16.2. The normalized spacial score (nSPS) is 12.2. The van der Waals surface area contributed by atoms with Crippen molar-refractivity contribution in [3.63, 3.8) is 0 Å². The van der Waals surface area contributed by atoms with Crippen LogP contribution in [0.2, 0.25) is 0 Å². The summed E-state index contributed by atoms with van der Waals surface area (Å²) in [5.41, 5.74) is 6.68. The zero-order chi connectivity index (χ0) is 15.1. The van der Waals surface area contributed by atoms with E-state index in [0.29, 0.717) is 18.0 Å². The summed E-state index contributed by atoms with van der Waals surface area (Å²) in [7, 11) is 1.64. The molecule has 1 unspecified atom stereocenters. The summed E-state index contributed by atoms with van der Waals surface area (Å²) in [5, 5.41) is 5.91. The molecule has 0 aliphatic rings. The van der Waals surface area contributed by atoms with Gasteiger partial charge in [0.1, 0.15) is 0 Å². The van der Waals surface area contributed by atoms with E-state index in [1.54, 1.807) is 19.2 Å². The van der Waals surface area contributed by atoms with Crippen LogP contribution in [0.15, 0.2) is 24.3 Å². The van der Waals surface area contributed by atoms with Gasteiger partial charge < -0.3 is 16.4 Å². The number of nitrogens with one attached hydrogen (secondary N) is 2. The minimum Gasteiger partial charge on any atom is -0.366 e. The fourth-order valence-corrected chi connectivity index (χ4v) is 1.96. The van der Waals surface area contributed by atoms with Crippen LogP contribution in [-0.4, -0.2) is 24.9 Å². The van der Waals surface area contributed by atoms with Gasteiger partial charge >= 0.3 is 0 Å². The van der Waals surface area contributed by atoms with E-state index in [9.17, 15) is 9.59 Å². The number of amides is 2. The molecule has 0 saturated heterocycles. The molecule has 4 N–H and O–H groups in total. The van der Waals surface area contributed by atoms with Gasteiger partial charge in [0.25, 0.3) is 0 Å². The van der Waals surface area contributed by atoms with E-state index in [4.69, 9.17) is 5.73 Å². The Morgan fingerprint density at radius 1 is 1.20 bits per heavy atom. The predicted octanol–water partition coefficient (Wildman–Crippen LogP) is 1.04. The average Bonchev–Trinajstić information content (AvgIpc) is 2.42. The zero-order valence-electron chi connectivity index (χ0n) is 12.3. The van der Waals surface area contributed by atoms with Crippen molar-refractivity contribution in [3.8, 4) is 0 Å². The standard InChI is InChI=1S/C15H23N3O2/c1-10(2)8-13(15(20)17-3)18-9-11-4-6-12(7-5-11)14(16)19/h4-7,10,13,18H,8-9H2,1-3H3,(H2,16,19)(H,17,20). The Bertz CT molecular complexity index is 455. The second-order valence-corrected chi connectivity index (χ2v) is 5.24. The van der Waals surface area contributed by atoms with E-state index in [-0.39, 0.29) is 11.9 Å². The van der Waals surface area contributed by atoms with Crippen LogP contribution in [-0.2, 0) is 11.3 Å². The number of carbonyl (C=O) groups excluding carboxylic acids is 2. The molecule has 0 aromatic heterocycles. The second-order valence-electron chi connectivity index (χ2n) is 5.24.